The lowest BCUT2D eigenvalue weighted by atomic mass is 10.0. The molecule has 0 saturated heterocycles. The normalized spacial score (nSPS) is 16.7. The summed E-state index contributed by atoms with van der Waals surface area (Å²) in [6.07, 6.45) is 3.58. The van der Waals surface area contributed by atoms with E-state index in [1.165, 1.54) is 12.8 Å². The van der Waals surface area contributed by atoms with Gasteiger partial charge in [0.25, 0.3) is 0 Å². The van der Waals surface area contributed by atoms with E-state index in [4.69, 9.17) is 26.8 Å². The van der Waals surface area contributed by atoms with Crippen LogP contribution in [0.2, 0.25) is 5.02 Å². The molecule has 2 rings (SSSR count). The van der Waals surface area contributed by atoms with Gasteiger partial charge in [0.1, 0.15) is 0 Å². The Kier molecular flexibility index (Phi) is 3.79. The summed E-state index contributed by atoms with van der Waals surface area (Å²) in [6.45, 7) is 0. The zero-order valence-electron chi connectivity index (χ0n) is 10.2. The molecule has 0 radical (unpaired) electrons. The lowest BCUT2D eigenvalue weighted by Gasteiger charge is -2.16. The van der Waals surface area contributed by atoms with E-state index in [0.29, 0.717) is 16.5 Å². The van der Waals surface area contributed by atoms with Crippen LogP contribution in [-0.4, -0.2) is 14.2 Å². The van der Waals surface area contributed by atoms with Gasteiger partial charge in [-0.1, -0.05) is 24.4 Å². The molecular formula is C13H18ClNO2. The van der Waals surface area contributed by atoms with Crippen LogP contribution in [0, 0.1) is 5.92 Å². The zero-order chi connectivity index (χ0) is 12.4. The van der Waals surface area contributed by atoms with Gasteiger partial charge in [-0.2, -0.15) is 0 Å². The molecule has 17 heavy (non-hydrogen) atoms. The molecule has 1 aliphatic carbocycles. The average molecular weight is 256 g/mol. The molecule has 3 nitrogen and oxygen atoms in total. The summed E-state index contributed by atoms with van der Waals surface area (Å²) in [5.41, 5.74) is 7.11. The summed E-state index contributed by atoms with van der Waals surface area (Å²) in [6, 6.07) is 3.63. The van der Waals surface area contributed by atoms with Crippen molar-refractivity contribution in [1.82, 2.24) is 0 Å². The van der Waals surface area contributed by atoms with Crippen LogP contribution in [0.3, 0.4) is 0 Å². The molecule has 1 fully saturated rings. The maximum atomic E-state index is 6.22. The molecule has 1 unspecified atom stereocenters. The van der Waals surface area contributed by atoms with Crippen LogP contribution < -0.4 is 15.2 Å². The second kappa shape index (κ2) is 5.15. The number of methoxy groups -OCH3 is 2. The molecule has 2 N–H and O–H groups in total. The maximum Gasteiger partial charge on any atom is 0.162 e. The molecule has 4 heteroatoms. The predicted octanol–water partition coefficient (Wildman–Crippen LogP) is 3.16. The topological polar surface area (TPSA) is 44.5 Å². The molecule has 1 aromatic rings. The van der Waals surface area contributed by atoms with Crippen molar-refractivity contribution in [2.75, 3.05) is 14.2 Å². The smallest absolute Gasteiger partial charge is 0.162 e. The van der Waals surface area contributed by atoms with Crippen LogP contribution in [-0.2, 0) is 0 Å². The molecule has 1 atom stereocenters. The summed E-state index contributed by atoms with van der Waals surface area (Å²) in [5, 5.41) is 0.649. The minimum atomic E-state index is -0.0187. The standard InChI is InChI=1S/C13H18ClNO2/c1-16-12-6-9(10(14)7-13(12)17-2)11(15)5-8-3-4-8/h6-8,11H,3-5,15H2,1-2H3. The van der Waals surface area contributed by atoms with Gasteiger partial charge in [-0.3, -0.25) is 0 Å². The first-order valence-electron chi connectivity index (χ1n) is 5.82. The van der Waals surface area contributed by atoms with Gasteiger partial charge in [-0.05, 0) is 24.0 Å². The number of nitrogens with two attached hydrogens (primary N) is 1. The van der Waals surface area contributed by atoms with Crippen LogP contribution in [0.4, 0.5) is 0 Å². The van der Waals surface area contributed by atoms with Crippen LogP contribution in [0.25, 0.3) is 0 Å². The Morgan fingerprint density at radius 1 is 1.29 bits per heavy atom. The van der Waals surface area contributed by atoms with Crippen molar-refractivity contribution in [1.29, 1.82) is 0 Å². The Morgan fingerprint density at radius 2 is 1.88 bits per heavy atom. The maximum absolute atomic E-state index is 6.22. The largest absolute Gasteiger partial charge is 0.493 e. The highest BCUT2D eigenvalue weighted by molar-refractivity contribution is 6.31. The van der Waals surface area contributed by atoms with Gasteiger partial charge in [0, 0.05) is 17.1 Å². The van der Waals surface area contributed by atoms with E-state index in [-0.39, 0.29) is 6.04 Å². The van der Waals surface area contributed by atoms with E-state index in [1.54, 1.807) is 20.3 Å². The van der Waals surface area contributed by atoms with Gasteiger partial charge in [-0.15, -0.1) is 0 Å². The summed E-state index contributed by atoms with van der Waals surface area (Å²) >= 11 is 6.22. The lowest BCUT2D eigenvalue weighted by molar-refractivity contribution is 0.354. The summed E-state index contributed by atoms with van der Waals surface area (Å²) in [4.78, 5) is 0. The van der Waals surface area contributed by atoms with Crippen molar-refractivity contribution in [3.8, 4) is 11.5 Å². The van der Waals surface area contributed by atoms with E-state index in [0.717, 1.165) is 17.9 Å². The van der Waals surface area contributed by atoms with E-state index in [1.807, 2.05) is 6.07 Å². The predicted molar refractivity (Wildman–Crippen MR) is 68.8 cm³/mol. The van der Waals surface area contributed by atoms with Crippen molar-refractivity contribution in [2.24, 2.45) is 11.7 Å². The number of rotatable bonds is 5. The molecule has 0 aromatic heterocycles. The molecular weight excluding hydrogens is 238 g/mol. The quantitative estimate of drug-likeness (QED) is 0.879. The van der Waals surface area contributed by atoms with Gasteiger partial charge < -0.3 is 15.2 Å². The second-order valence-corrected chi connectivity index (χ2v) is 4.92. The Labute approximate surface area is 107 Å². The highest BCUT2D eigenvalue weighted by atomic mass is 35.5. The third kappa shape index (κ3) is 2.85. The van der Waals surface area contributed by atoms with Gasteiger partial charge in [0.05, 0.1) is 14.2 Å². The molecule has 1 aliphatic rings. The fourth-order valence-corrected chi connectivity index (χ4v) is 2.29. The highest BCUT2D eigenvalue weighted by Crippen LogP contribution is 2.41. The van der Waals surface area contributed by atoms with Crippen molar-refractivity contribution >= 4 is 11.6 Å². The number of hydrogen-bond donors (Lipinski definition) is 1. The van der Waals surface area contributed by atoms with E-state index in [9.17, 15) is 0 Å². The Bertz CT molecular complexity index is 405. The van der Waals surface area contributed by atoms with Gasteiger partial charge >= 0.3 is 0 Å². The minimum absolute atomic E-state index is 0.0187. The number of ether oxygens (including phenoxy) is 2. The van der Waals surface area contributed by atoms with Crippen molar-refractivity contribution in [2.45, 2.75) is 25.3 Å². The summed E-state index contributed by atoms with van der Waals surface area (Å²) in [7, 11) is 3.21. The molecule has 0 bridgehead atoms. The highest BCUT2D eigenvalue weighted by Gasteiger charge is 2.26. The molecule has 0 heterocycles. The molecule has 0 aliphatic heterocycles. The van der Waals surface area contributed by atoms with Crippen LogP contribution in [0.1, 0.15) is 30.9 Å². The summed E-state index contributed by atoms with van der Waals surface area (Å²) in [5.74, 6) is 2.09. The monoisotopic (exact) mass is 255 g/mol. The van der Waals surface area contributed by atoms with E-state index < -0.39 is 0 Å². The second-order valence-electron chi connectivity index (χ2n) is 4.51. The van der Waals surface area contributed by atoms with Crippen molar-refractivity contribution in [3.63, 3.8) is 0 Å². The number of hydrogen-bond acceptors (Lipinski definition) is 3. The van der Waals surface area contributed by atoms with Crippen LogP contribution >= 0.6 is 11.6 Å². The molecule has 0 amide bonds. The Morgan fingerprint density at radius 3 is 2.41 bits per heavy atom. The Hall–Kier alpha value is -0.930. The molecule has 1 aromatic carbocycles. The Balaban J connectivity index is 2.25. The molecule has 1 saturated carbocycles. The molecule has 94 valence electrons. The van der Waals surface area contributed by atoms with Crippen LogP contribution in [0.5, 0.6) is 11.5 Å². The van der Waals surface area contributed by atoms with Gasteiger partial charge in [0.15, 0.2) is 11.5 Å². The first-order valence-corrected chi connectivity index (χ1v) is 6.20. The fraction of sp³-hybridized carbons (Fsp3) is 0.538. The van der Waals surface area contributed by atoms with Crippen molar-refractivity contribution < 1.29 is 9.47 Å². The third-order valence-corrected chi connectivity index (χ3v) is 3.51. The lowest BCUT2D eigenvalue weighted by Crippen LogP contribution is -2.12. The first-order chi connectivity index (χ1) is 8.15. The third-order valence-electron chi connectivity index (χ3n) is 3.19. The first kappa shape index (κ1) is 12.5. The fourth-order valence-electron chi connectivity index (χ4n) is 1.99. The van der Waals surface area contributed by atoms with Gasteiger partial charge in [-0.25, -0.2) is 0 Å². The minimum Gasteiger partial charge on any atom is -0.493 e. The van der Waals surface area contributed by atoms with Crippen molar-refractivity contribution in [3.05, 3.63) is 22.7 Å². The molecule has 0 spiro atoms. The average Bonchev–Trinajstić information content (AvgIpc) is 3.12. The number of halogens is 1. The summed E-state index contributed by atoms with van der Waals surface area (Å²) < 4.78 is 10.5. The SMILES string of the molecule is COc1cc(Cl)c(C(N)CC2CC2)cc1OC. The van der Waals surface area contributed by atoms with E-state index >= 15 is 0 Å². The van der Waals surface area contributed by atoms with Gasteiger partial charge in [0.2, 0.25) is 0 Å². The zero-order valence-corrected chi connectivity index (χ0v) is 11.0. The van der Waals surface area contributed by atoms with Crippen LogP contribution in [0.15, 0.2) is 12.1 Å². The van der Waals surface area contributed by atoms with E-state index in [2.05, 4.69) is 0 Å². The number of benzene rings is 1.